The number of hydrogen-bond acceptors (Lipinski definition) is 3. The van der Waals surface area contributed by atoms with Crippen molar-refractivity contribution >= 4 is 27.5 Å². The number of carbonyl (C=O) groups is 1. The van der Waals surface area contributed by atoms with Crippen molar-refractivity contribution in [3.05, 3.63) is 28.2 Å². The highest BCUT2D eigenvalue weighted by Crippen LogP contribution is 2.24. The average molecular weight is 272 g/mol. The van der Waals surface area contributed by atoms with Gasteiger partial charge in [0.2, 0.25) is 0 Å². The highest BCUT2D eigenvalue weighted by Gasteiger charge is 2.11. The van der Waals surface area contributed by atoms with Gasteiger partial charge in [-0.05, 0) is 35.0 Å². The van der Waals surface area contributed by atoms with Gasteiger partial charge >= 0.3 is 0 Å². The predicted molar refractivity (Wildman–Crippen MR) is 64.8 cm³/mol. The second-order valence-electron chi connectivity index (χ2n) is 3.38. The van der Waals surface area contributed by atoms with Crippen molar-refractivity contribution in [3.8, 4) is 0 Å². The van der Waals surface area contributed by atoms with E-state index >= 15 is 0 Å². The van der Waals surface area contributed by atoms with E-state index in [1.54, 1.807) is 12.1 Å². The summed E-state index contributed by atoms with van der Waals surface area (Å²) in [6, 6.07) is 5.43. The van der Waals surface area contributed by atoms with Gasteiger partial charge in [-0.1, -0.05) is 6.07 Å². The Morgan fingerprint density at radius 3 is 2.80 bits per heavy atom. The van der Waals surface area contributed by atoms with E-state index in [2.05, 4.69) is 21.2 Å². The molecule has 0 saturated carbocycles. The van der Waals surface area contributed by atoms with Crippen molar-refractivity contribution in [1.82, 2.24) is 0 Å². The molecule has 0 aliphatic rings. The molecular weight excluding hydrogens is 258 g/mol. The number of benzene rings is 1. The molecule has 0 heterocycles. The Morgan fingerprint density at radius 2 is 2.27 bits per heavy atom. The third-order valence-corrected chi connectivity index (χ3v) is 2.54. The molecule has 5 N–H and O–H groups in total. The van der Waals surface area contributed by atoms with Gasteiger partial charge in [0.15, 0.2) is 0 Å². The van der Waals surface area contributed by atoms with Crippen molar-refractivity contribution in [3.63, 3.8) is 0 Å². The van der Waals surface area contributed by atoms with Crippen molar-refractivity contribution in [2.75, 3.05) is 11.9 Å². The SMILES string of the molecule is CC(N)CNc1cccc(Br)c1C(N)=O. The second-order valence-corrected chi connectivity index (χ2v) is 4.24. The molecule has 1 rings (SSSR count). The second kappa shape index (κ2) is 5.14. The summed E-state index contributed by atoms with van der Waals surface area (Å²) >= 11 is 3.28. The van der Waals surface area contributed by atoms with Crippen LogP contribution in [0.25, 0.3) is 0 Å². The maximum Gasteiger partial charge on any atom is 0.251 e. The zero-order valence-corrected chi connectivity index (χ0v) is 10.0. The van der Waals surface area contributed by atoms with Crippen molar-refractivity contribution in [1.29, 1.82) is 0 Å². The fourth-order valence-electron chi connectivity index (χ4n) is 1.19. The lowest BCUT2D eigenvalue weighted by atomic mass is 10.1. The van der Waals surface area contributed by atoms with E-state index in [0.717, 1.165) is 0 Å². The van der Waals surface area contributed by atoms with Gasteiger partial charge in [0.25, 0.3) is 5.91 Å². The minimum Gasteiger partial charge on any atom is -0.383 e. The van der Waals surface area contributed by atoms with E-state index in [9.17, 15) is 4.79 Å². The maximum absolute atomic E-state index is 11.2. The van der Waals surface area contributed by atoms with Crippen LogP contribution in [0, 0.1) is 0 Å². The molecule has 1 aromatic carbocycles. The lowest BCUT2D eigenvalue weighted by molar-refractivity contribution is 0.100. The van der Waals surface area contributed by atoms with Crippen molar-refractivity contribution in [2.24, 2.45) is 11.5 Å². The number of primary amides is 1. The van der Waals surface area contributed by atoms with Crippen LogP contribution in [0.1, 0.15) is 17.3 Å². The van der Waals surface area contributed by atoms with Gasteiger partial charge in [-0.15, -0.1) is 0 Å². The van der Waals surface area contributed by atoms with Crippen LogP contribution in [-0.2, 0) is 0 Å². The number of hydrogen-bond donors (Lipinski definition) is 3. The summed E-state index contributed by atoms with van der Waals surface area (Å²) in [5, 5.41) is 3.08. The largest absolute Gasteiger partial charge is 0.383 e. The first kappa shape index (κ1) is 12.0. The molecule has 1 atom stereocenters. The van der Waals surface area contributed by atoms with Crippen molar-refractivity contribution in [2.45, 2.75) is 13.0 Å². The number of carbonyl (C=O) groups excluding carboxylic acids is 1. The van der Waals surface area contributed by atoms with E-state index in [-0.39, 0.29) is 6.04 Å². The molecule has 1 aromatic rings. The Kier molecular flexibility index (Phi) is 4.11. The Morgan fingerprint density at radius 1 is 1.60 bits per heavy atom. The lowest BCUT2D eigenvalue weighted by Gasteiger charge is -2.12. The first-order valence-electron chi connectivity index (χ1n) is 4.60. The highest BCUT2D eigenvalue weighted by atomic mass is 79.9. The molecule has 1 unspecified atom stereocenters. The minimum absolute atomic E-state index is 0.0182. The molecule has 0 aromatic heterocycles. The zero-order valence-electron chi connectivity index (χ0n) is 8.46. The molecule has 82 valence electrons. The Hall–Kier alpha value is -1.07. The van der Waals surface area contributed by atoms with Crippen LogP contribution in [0.5, 0.6) is 0 Å². The summed E-state index contributed by atoms with van der Waals surface area (Å²) in [7, 11) is 0. The third kappa shape index (κ3) is 3.21. The van der Waals surface area contributed by atoms with Gasteiger partial charge in [-0.25, -0.2) is 0 Å². The van der Waals surface area contributed by atoms with Gasteiger partial charge in [-0.2, -0.15) is 0 Å². The quantitative estimate of drug-likeness (QED) is 0.772. The first-order valence-corrected chi connectivity index (χ1v) is 5.39. The number of nitrogens with one attached hydrogen (secondary N) is 1. The Balaban J connectivity index is 2.96. The summed E-state index contributed by atoms with van der Waals surface area (Å²) in [6.45, 7) is 2.48. The minimum atomic E-state index is -0.463. The van der Waals surface area contributed by atoms with E-state index in [1.165, 1.54) is 0 Å². The predicted octanol–water partition coefficient (Wildman–Crippen LogP) is 1.31. The molecule has 1 amide bonds. The highest BCUT2D eigenvalue weighted by molar-refractivity contribution is 9.10. The van der Waals surface area contributed by atoms with Gasteiger partial charge in [0.05, 0.1) is 5.56 Å². The zero-order chi connectivity index (χ0) is 11.4. The van der Waals surface area contributed by atoms with E-state index in [1.807, 2.05) is 13.0 Å². The van der Waals surface area contributed by atoms with E-state index in [4.69, 9.17) is 11.5 Å². The molecule has 15 heavy (non-hydrogen) atoms. The molecule has 5 heteroatoms. The molecule has 0 bridgehead atoms. The number of amides is 1. The van der Waals surface area contributed by atoms with Crippen LogP contribution in [0.4, 0.5) is 5.69 Å². The molecule has 0 saturated heterocycles. The topological polar surface area (TPSA) is 81.1 Å². The average Bonchev–Trinajstić information content (AvgIpc) is 2.13. The summed E-state index contributed by atoms with van der Waals surface area (Å²) in [5.74, 6) is -0.463. The summed E-state index contributed by atoms with van der Waals surface area (Å²) in [5.41, 5.74) is 12.1. The Labute approximate surface area is 97.1 Å². The summed E-state index contributed by atoms with van der Waals surface area (Å²) in [4.78, 5) is 11.2. The maximum atomic E-state index is 11.2. The molecule has 0 spiro atoms. The van der Waals surface area contributed by atoms with Crippen LogP contribution in [0.2, 0.25) is 0 Å². The van der Waals surface area contributed by atoms with Gasteiger partial charge in [-0.3, -0.25) is 4.79 Å². The van der Waals surface area contributed by atoms with Gasteiger partial charge < -0.3 is 16.8 Å². The van der Waals surface area contributed by atoms with Crippen LogP contribution in [0.3, 0.4) is 0 Å². The standard InChI is InChI=1S/C10H14BrN3O/c1-6(12)5-14-8-4-2-3-7(11)9(8)10(13)15/h2-4,6,14H,5,12H2,1H3,(H2,13,15). The molecule has 0 fully saturated rings. The number of anilines is 1. The summed E-state index contributed by atoms with van der Waals surface area (Å²) in [6.07, 6.45) is 0. The van der Waals surface area contributed by atoms with Gasteiger partial charge in [0.1, 0.15) is 0 Å². The molecule has 4 nitrogen and oxygen atoms in total. The Bertz CT molecular complexity index is 366. The van der Waals surface area contributed by atoms with Gasteiger partial charge in [0, 0.05) is 22.7 Å². The fraction of sp³-hybridized carbons (Fsp3) is 0.300. The molecule has 0 radical (unpaired) electrons. The summed E-state index contributed by atoms with van der Waals surface area (Å²) < 4.78 is 0.685. The molecule has 0 aliphatic carbocycles. The molecule has 0 aliphatic heterocycles. The van der Waals surface area contributed by atoms with Crippen molar-refractivity contribution < 1.29 is 4.79 Å². The van der Waals surface area contributed by atoms with E-state index in [0.29, 0.717) is 22.3 Å². The van der Waals surface area contributed by atoms with E-state index < -0.39 is 5.91 Å². The van der Waals surface area contributed by atoms with Crippen LogP contribution < -0.4 is 16.8 Å². The van der Waals surface area contributed by atoms with Crippen LogP contribution >= 0.6 is 15.9 Å². The monoisotopic (exact) mass is 271 g/mol. The third-order valence-electron chi connectivity index (χ3n) is 1.87. The number of halogens is 1. The normalized spacial score (nSPS) is 12.2. The number of rotatable bonds is 4. The first-order chi connectivity index (χ1) is 7.02. The lowest BCUT2D eigenvalue weighted by Crippen LogP contribution is -2.26. The number of nitrogens with two attached hydrogens (primary N) is 2. The fourth-order valence-corrected chi connectivity index (χ4v) is 1.75. The van der Waals surface area contributed by atoms with Crippen LogP contribution in [0.15, 0.2) is 22.7 Å². The van der Waals surface area contributed by atoms with Crippen LogP contribution in [-0.4, -0.2) is 18.5 Å². The smallest absolute Gasteiger partial charge is 0.251 e. The molecular formula is C10H14BrN3O.